The summed E-state index contributed by atoms with van der Waals surface area (Å²) in [5.74, 6) is 0. The molecule has 15 heavy (non-hydrogen) atoms. The SMILES string of the molecule is C=CCOC(C)CCCCCCCCC. The average Bonchev–Trinajstić information content (AvgIpc) is 2.25. The van der Waals surface area contributed by atoms with E-state index in [2.05, 4.69) is 20.4 Å². The number of hydrogen-bond acceptors (Lipinski definition) is 1. The third-order valence-corrected chi connectivity index (χ3v) is 2.71. The summed E-state index contributed by atoms with van der Waals surface area (Å²) in [6.45, 7) is 8.75. The highest BCUT2D eigenvalue weighted by atomic mass is 16.5. The molecule has 0 bridgehead atoms. The highest BCUT2D eigenvalue weighted by molar-refractivity contribution is 4.65. The molecule has 0 rings (SSSR count). The first-order valence-corrected chi connectivity index (χ1v) is 6.53. The number of unbranched alkanes of at least 4 members (excludes halogenated alkanes) is 6. The predicted molar refractivity (Wildman–Crippen MR) is 68.2 cm³/mol. The van der Waals surface area contributed by atoms with Gasteiger partial charge in [-0.15, -0.1) is 6.58 Å². The van der Waals surface area contributed by atoms with Gasteiger partial charge in [0, 0.05) is 0 Å². The van der Waals surface area contributed by atoms with Gasteiger partial charge in [0.1, 0.15) is 0 Å². The Morgan fingerprint density at radius 1 is 1.07 bits per heavy atom. The summed E-state index contributed by atoms with van der Waals surface area (Å²) >= 11 is 0. The van der Waals surface area contributed by atoms with Gasteiger partial charge in [0.2, 0.25) is 0 Å². The third kappa shape index (κ3) is 11.6. The molecule has 0 spiro atoms. The van der Waals surface area contributed by atoms with Crippen molar-refractivity contribution in [2.75, 3.05) is 6.61 Å². The Morgan fingerprint density at radius 2 is 1.67 bits per heavy atom. The molecule has 0 aromatic rings. The molecule has 0 aliphatic rings. The number of hydrogen-bond donors (Lipinski definition) is 0. The lowest BCUT2D eigenvalue weighted by molar-refractivity contribution is 0.0799. The highest BCUT2D eigenvalue weighted by Crippen LogP contribution is 2.10. The van der Waals surface area contributed by atoms with Crippen molar-refractivity contribution >= 4 is 0 Å². The van der Waals surface area contributed by atoms with Crippen LogP contribution >= 0.6 is 0 Å². The second-order valence-corrected chi connectivity index (χ2v) is 4.34. The van der Waals surface area contributed by atoms with Crippen LogP contribution in [0.1, 0.15) is 65.2 Å². The maximum atomic E-state index is 5.52. The monoisotopic (exact) mass is 212 g/mol. The lowest BCUT2D eigenvalue weighted by Crippen LogP contribution is -2.07. The summed E-state index contributed by atoms with van der Waals surface area (Å²) in [4.78, 5) is 0. The van der Waals surface area contributed by atoms with Crippen molar-refractivity contribution in [3.8, 4) is 0 Å². The molecule has 0 aliphatic heterocycles. The standard InChI is InChI=1S/C14H28O/c1-4-6-7-8-9-10-11-12-14(3)15-13-5-2/h5,14H,2,4,6-13H2,1,3H3. The average molecular weight is 212 g/mol. The summed E-state index contributed by atoms with van der Waals surface area (Å²) < 4.78 is 5.52. The van der Waals surface area contributed by atoms with E-state index in [1.54, 1.807) is 0 Å². The molecule has 0 aliphatic carbocycles. The van der Waals surface area contributed by atoms with Crippen molar-refractivity contribution in [2.24, 2.45) is 0 Å². The predicted octanol–water partition coefficient (Wildman–Crippen LogP) is 4.72. The second kappa shape index (κ2) is 11.8. The maximum absolute atomic E-state index is 5.52. The first-order chi connectivity index (χ1) is 7.31. The number of ether oxygens (including phenoxy) is 1. The molecular weight excluding hydrogens is 184 g/mol. The van der Waals surface area contributed by atoms with E-state index >= 15 is 0 Å². The molecule has 0 aromatic carbocycles. The second-order valence-electron chi connectivity index (χ2n) is 4.34. The van der Waals surface area contributed by atoms with Gasteiger partial charge in [0.15, 0.2) is 0 Å². The first kappa shape index (κ1) is 14.7. The van der Waals surface area contributed by atoms with E-state index in [1.807, 2.05) is 6.08 Å². The minimum absolute atomic E-state index is 0.402. The van der Waals surface area contributed by atoms with Crippen LogP contribution in [0.15, 0.2) is 12.7 Å². The van der Waals surface area contributed by atoms with E-state index in [0.717, 1.165) is 0 Å². The fourth-order valence-electron chi connectivity index (χ4n) is 1.70. The smallest absolute Gasteiger partial charge is 0.0648 e. The quantitative estimate of drug-likeness (QED) is 0.356. The Balaban J connectivity index is 3.05. The van der Waals surface area contributed by atoms with Gasteiger partial charge >= 0.3 is 0 Å². The van der Waals surface area contributed by atoms with Gasteiger partial charge in [-0.25, -0.2) is 0 Å². The molecular formula is C14H28O. The molecule has 0 saturated carbocycles. The van der Waals surface area contributed by atoms with E-state index in [1.165, 1.54) is 51.4 Å². The van der Waals surface area contributed by atoms with Crippen LogP contribution in [0.25, 0.3) is 0 Å². The van der Waals surface area contributed by atoms with Crippen molar-refractivity contribution in [1.29, 1.82) is 0 Å². The number of rotatable bonds is 11. The molecule has 0 aromatic heterocycles. The van der Waals surface area contributed by atoms with Gasteiger partial charge in [-0.05, 0) is 13.3 Å². The normalized spacial score (nSPS) is 12.7. The minimum Gasteiger partial charge on any atom is -0.374 e. The minimum atomic E-state index is 0.402. The van der Waals surface area contributed by atoms with Crippen LogP contribution in [0.3, 0.4) is 0 Å². The Hall–Kier alpha value is -0.300. The lowest BCUT2D eigenvalue weighted by atomic mass is 10.1. The summed E-state index contributed by atoms with van der Waals surface area (Å²) in [7, 11) is 0. The summed E-state index contributed by atoms with van der Waals surface area (Å²) in [5.41, 5.74) is 0. The van der Waals surface area contributed by atoms with Crippen LogP contribution < -0.4 is 0 Å². The Morgan fingerprint density at radius 3 is 2.27 bits per heavy atom. The van der Waals surface area contributed by atoms with Crippen molar-refractivity contribution in [3.63, 3.8) is 0 Å². The van der Waals surface area contributed by atoms with Gasteiger partial charge in [-0.1, -0.05) is 57.9 Å². The molecule has 0 radical (unpaired) electrons. The van der Waals surface area contributed by atoms with Gasteiger partial charge in [0.25, 0.3) is 0 Å². The molecule has 0 fully saturated rings. The molecule has 90 valence electrons. The van der Waals surface area contributed by atoms with E-state index in [0.29, 0.717) is 12.7 Å². The zero-order chi connectivity index (χ0) is 11.4. The van der Waals surface area contributed by atoms with Crippen LogP contribution in [-0.2, 0) is 4.74 Å². The van der Waals surface area contributed by atoms with Gasteiger partial charge < -0.3 is 4.74 Å². The molecule has 0 heterocycles. The van der Waals surface area contributed by atoms with Crippen LogP contribution in [0.2, 0.25) is 0 Å². The molecule has 1 unspecified atom stereocenters. The molecule has 1 atom stereocenters. The summed E-state index contributed by atoms with van der Waals surface area (Å²) in [5, 5.41) is 0. The molecule has 1 nitrogen and oxygen atoms in total. The van der Waals surface area contributed by atoms with Crippen LogP contribution in [-0.4, -0.2) is 12.7 Å². The van der Waals surface area contributed by atoms with Crippen molar-refractivity contribution < 1.29 is 4.74 Å². The van der Waals surface area contributed by atoms with Crippen molar-refractivity contribution in [3.05, 3.63) is 12.7 Å². The van der Waals surface area contributed by atoms with E-state index < -0.39 is 0 Å². The zero-order valence-corrected chi connectivity index (χ0v) is 10.6. The Labute approximate surface area is 95.9 Å². The zero-order valence-electron chi connectivity index (χ0n) is 10.6. The molecule has 0 N–H and O–H groups in total. The highest BCUT2D eigenvalue weighted by Gasteiger charge is 2.00. The summed E-state index contributed by atoms with van der Waals surface area (Å²) in [6, 6.07) is 0. The fourth-order valence-corrected chi connectivity index (χ4v) is 1.70. The topological polar surface area (TPSA) is 9.23 Å². The lowest BCUT2D eigenvalue weighted by Gasteiger charge is -2.10. The molecule has 0 saturated heterocycles. The van der Waals surface area contributed by atoms with Crippen LogP contribution in [0.4, 0.5) is 0 Å². The van der Waals surface area contributed by atoms with Crippen molar-refractivity contribution in [2.45, 2.75) is 71.3 Å². The van der Waals surface area contributed by atoms with Gasteiger partial charge in [0.05, 0.1) is 12.7 Å². The summed E-state index contributed by atoms with van der Waals surface area (Å²) in [6.07, 6.45) is 13.1. The van der Waals surface area contributed by atoms with E-state index in [4.69, 9.17) is 4.74 Å². The molecule has 0 amide bonds. The fraction of sp³-hybridized carbons (Fsp3) is 0.857. The first-order valence-electron chi connectivity index (χ1n) is 6.53. The van der Waals surface area contributed by atoms with E-state index in [-0.39, 0.29) is 0 Å². The van der Waals surface area contributed by atoms with Gasteiger partial charge in [-0.3, -0.25) is 0 Å². The maximum Gasteiger partial charge on any atom is 0.0648 e. The Bertz CT molecular complexity index is 131. The largest absolute Gasteiger partial charge is 0.374 e. The Kier molecular flexibility index (Phi) is 11.5. The molecule has 1 heteroatoms. The van der Waals surface area contributed by atoms with Crippen LogP contribution in [0, 0.1) is 0 Å². The van der Waals surface area contributed by atoms with E-state index in [9.17, 15) is 0 Å². The van der Waals surface area contributed by atoms with Crippen molar-refractivity contribution in [1.82, 2.24) is 0 Å². The third-order valence-electron chi connectivity index (χ3n) is 2.71. The van der Waals surface area contributed by atoms with Crippen LogP contribution in [0.5, 0.6) is 0 Å². The van der Waals surface area contributed by atoms with Gasteiger partial charge in [-0.2, -0.15) is 0 Å².